The van der Waals surface area contributed by atoms with Crippen LogP contribution in [0.3, 0.4) is 0 Å². The van der Waals surface area contributed by atoms with Crippen molar-refractivity contribution in [1.29, 1.82) is 0 Å². The third-order valence-corrected chi connectivity index (χ3v) is 5.84. The minimum absolute atomic E-state index is 0.189. The topological polar surface area (TPSA) is 70.7 Å². The molecule has 1 fully saturated rings. The van der Waals surface area contributed by atoms with Crippen molar-refractivity contribution < 1.29 is 14.0 Å². The van der Waals surface area contributed by atoms with Gasteiger partial charge in [-0.2, -0.15) is 0 Å². The van der Waals surface area contributed by atoms with E-state index in [0.29, 0.717) is 31.3 Å². The number of amides is 2. The summed E-state index contributed by atoms with van der Waals surface area (Å²) >= 11 is 0. The zero-order valence-corrected chi connectivity index (χ0v) is 19.1. The van der Waals surface area contributed by atoms with Gasteiger partial charge in [-0.1, -0.05) is 19.8 Å². The van der Waals surface area contributed by atoms with Crippen molar-refractivity contribution in [3.63, 3.8) is 0 Å². The van der Waals surface area contributed by atoms with Crippen molar-refractivity contribution in [3.8, 4) is 0 Å². The molecule has 3 rings (SSSR count). The molecule has 1 aliphatic rings. The Balaban J connectivity index is 1.61. The first kappa shape index (κ1) is 23.1. The van der Waals surface area contributed by atoms with Crippen LogP contribution in [0, 0.1) is 5.92 Å². The molecule has 0 atom stereocenters. The van der Waals surface area contributed by atoms with Crippen LogP contribution in [0.4, 0.5) is 0 Å². The molecule has 0 bridgehead atoms. The van der Waals surface area contributed by atoms with Crippen LogP contribution in [0.15, 0.2) is 34.9 Å². The number of carbonyl (C=O) groups is 2. The molecule has 2 aromatic rings. The van der Waals surface area contributed by atoms with E-state index in [4.69, 9.17) is 4.42 Å². The van der Waals surface area contributed by atoms with Gasteiger partial charge in [0.15, 0.2) is 5.76 Å². The van der Waals surface area contributed by atoms with E-state index in [0.717, 1.165) is 56.6 Å². The predicted molar refractivity (Wildman–Crippen MR) is 121 cm³/mol. The van der Waals surface area contributed by atoms with E-state index >= 15 is 0 Å². The number of nitrogens with zero attached hydrogens (tertiary/aromatic N) is 3. The van der Waals surface area contributed by atoms with Crippen molar-refractivity contribution in [1.82, 2.24) is 19.7 Å². The molecule has 0 unspecified atom stereocenters. The maximum absolute atomic E-state index is 13.0. The van der Waals surface area contributed by atoms with Crippen molar-refractivity contribution in [2.24, 2.45) is 5.92 Å². The van der Waals surface area contributed by atoms with E-state index in [-0.39, 0.29) is 11.8 Å². The normalized spacial score (nSPS) is 14.3. The van der Waals surface area contributed by atoms with Gasteiger partial charge < -0.3 is 24.1 Å². The lowest BCUT2D eigenvalue weighted by atomic mass is 10.1. The summed E-state index contributed by atoms with van der Waals surface area (Å²) in [6.07, 6.45) is 7.31. The molecule has 1 N–H and O–H groups in total. The van der Waals surface area contributed by atoms with Gasteiger partial charge in [0, 0.05) is 37.4 Å². The van der Waals surface area contributed by atoms with Crippen LogP contribution in [0.25, 0.3) is 0 Å². The fourth-order valence-electron chi connectivity index (χ4n) is 4.14. The first-order chi connectivity index (χ1) is 15.0. The van der Waals surface area contributed by atoms with Crippen molar-refractivity contribution >= 4 is 11.8 Å². The largest absolute Gasteiger partial charge is 0.454 e. The van der Waals surface area contributed by atoms with E-state index in [2.05, 4.69) is 22.9 Å². The molecule has 0 saturated heterocycles. The maximum atomic E-state index is 13.0. The minimum Gasteiger partial charge on any atom is -0.454 e. The average molecular weight is 429 g/mol. The Bertz CT molecular complexity index is 849. The molecule has 1 saturated carbocycles. The van der Waals surface area contributed by atoms with Crippen LogP contribution in [-0.4, -0.2) is 59.9 Å². The summed E-state index contributed by atoms with van der Waals surface area (Å²) in [5, 5.41) is 2.87. The number of furan rings is 1. The molecular weight excluding hydrogens is 392 g/mol. The van der Waals surface area contributed by atoms with Gasteiger partial charge in [-0.3, -0.25) is 9.59 Å². The standard InChI is InChI=1S/C24H36N4O3/c1-4-14-28(24(30)19-8-5-6-9-19)17-20-10-7-15-27(20)18-21-11-12-22(31-21)23(29)25-13-16-26(2)3/h7,10-12,15,19H,4-6,8-9,13-14,16-18H2,1-3H3,(H,25,29). The van der Waals surface area contributed by atoms with E-state index in [1.165, 1.54) is 0 Å². The molecule has 0 radical (unpaired) electrons. The summed E-state index contributed by atoms with van der Waals surface area (Å²) in [5.41, 5.74) is 1.08. The second-order valence-corrected chi connectivity index (χ2v) is 8.69. The molecule has 170 valence electrons. The van der Waals surface area contributed by atoms with Gasteiger partial charge in [0.2, 0.25) is 5.91 Å². The molecule has 0 spiro atoms. The number of rotatable bonds is 11. The monoisotopic (exact) mass is 428 g/mol. The summed E-state index contributed by atoms with van der Waals surface area (Å²) < 4.78 is 7.88. The van der Waals surface area contributed by atoms with E-state index < -0.39 is 0 Å². The van der Waals surface area contributed by atoms with E-state index in [1.54, 1.807) is 6.07 Å². The second-order valence-electron chi connectivity index (χ2n) is 8.69. The lowest BCUT2D eigenvalue weighted by molar-refractivity contribution is -0.136. The zero-order valence-electron chi connectivity index (χ0n) is 19.1. The summed E-state index contributed by atoms with van der Waals surface area (Å²) in [6, 6.07) is 7.62. The van der Waals surface area contributed by atoms with Crippen LogP contribution in [-0.2, 0) is 17.9 Å². The molecule has 2 amide bonds. The van der Waals surface area contributed by atoms with Gasteiger partial charge >= 0.3 is 0 Å². The lowest BCUT2D eigenvalue weighted by Gasteiger charge is -2.26. The average Bonchev–Trinajstić information content (AvgIpc) is 3.50. The second kappa shape index (κ2) is 11.2. The van der Waals surface area contributed by atoms with Gasteiger partial charge in [-0.25, -0.2) is 0 Å². The lowest BCUT2D eigenvalue weighted by Crippen LogP contribution is -2.36. The van der Waals surface area contributed by atoms with Crippen LogP contribution < -0.4 is 5.32 Å². The number of carbonyl (C=O) groups excluding carboxylic acids is 2. The number of likely N-dealkylation sites (N-methyl/N-ethyl adjacent to an activating group) is 1. The first-order valence-corrected chi connectivity index (χ1v) is 11.4. The molecule has 1 aliphatic carbocycles. The SMILES string of the molecule is CCCN(Cc1cccn1Cc1ccc(C(=O)NCCN(C)C)o1)C(=O)C1CCCC1. The highest BCUT2D eigenvalue weighted by Crippen LogP contribution is 2.27. The van der Waals surface area contributed by atoms with Crippen LogP contribution in [0.1, 0.15) is 61.0 Å². The molecule has 2 heterocycles. The Labute approximate surface area is 185 Å². The van der Waals surface area contributed by atoms with Crippen LogP contribution in [0.5, 0.6) is 0 Å². The van der Waals surface area contributed by atoms with E-state index in [9.17, 15) is 9.59 Å². The smallest absolute Gasteiger partial charge is 0.287 e. The van der Waals surface area contributed by atoms with Gasteiger partial charge in [-0.05, 0) is 57.6 Å². The van der Waals surface area contributed by atoms with Gasteiger partial charge in [0.05, 0.1) is 13.1 Å². The molecule has 31 heavy (non-hydrogen) atoms. The quantitative estimate of drug-likeness (QED) is 0.596. The number of hydrogen-bond acceptors (Lipinski definition) is 4. The summed E-state index contributed by atoms with van der Waals surface area (Å²) in [5.74, 6) is 1.33. The maximum Gasteiger partial charge on any atom is 0.287 e. The van der Waals surface area contributed by atoms with Crippen molar-refractivity contribution in [2.45, 2.75) is 52.1 Å². The zero-order chi connectivity index (χ0) is 22.2. The van der Waals surface area contributed by atoms with Crippen LogP contribution in [0.2, 0.25) is 0 Å². The van der Waals surface area contributed by atoms with Crippen molar-refractivity contribution in [3.05, 3.63) is 47.7 Å². The molecule has 7 nitrogen and oxygen atoms in total. The van der Waals surface area contributed by atoms with Gasteiger partial charge in [-0.15, -0.1) is 0 Å². The fourth-order valence-corrected chi connectivity index (χ4v) is 4.14. The highest BCUT2D eigenvalue weighted by Gasteiger charge is 2.27. The number of hydrogen-bond donors (Lipinski definition) is 1. The predicted octanol–water partition coefficient (Wildman–Crippen LogP) is 3.35. The van der Waals surface area contributed by atoms with Crippen molar-refractivity contribution in [2.75, 3.05) is 33.7 Å². The Hall–Kier alpha value is -2.54. The molecule has 2 aromatic heterocycles. The Morgan fingerprint density at radius 1 is 1.16 bits per heavy atom. The third-order valence-electron chi connectivity index (χ3n) is 5.84. The highest BCUT2D eigenvalue weighted by atomic mass is 16.4. The number of nitrogens with one attached hydrogen (secondary N) is 1. The minimum atomic E-state index is -0.197. The van der Waals surface area contributed by atoms with Crippen LogP contribution >= 0.6 is 0 Å². The van der Waals surface area contributed by atoms with Gasteiger partial charge in [0.1, 0.15) is 5.76 Å². The van der Waals surface area contributed by atoms with Gasteiger partial charge in [0.25, 0.3) is 5.91 Å². The first-order valence-electron chi connectivity index (χ1n) is 11.4. The molecule has 0 aromatic carbocycles. The third kappa shape index (κ3) is 6.47. The summed E-state index contributed by atoms with van der Waals surface area (Å²) in [4.78, 5) is 29.3. The Kier molecular flexibility index (Phi) is 8.35. The highest BCUT2D eigenvalue weighted by molar-refractivity contribution is 5.91. The van der Waals surface area contributed by atoms with E-state index in [1.807, 2.05) is 42.2 Å². The summed E-state index contributed by atoms with van der Waals surface area (Å²) in [7, 11) is 3.93. The molecular formula is C24H36N4O3. The summed E-state index contributed by atoms with van der Waals surface area (Å²) in [6.45, 7) is 5.38. The molecule has 0 aliphatic heterocycles. The Morgan fingerprint density at radius 3 is 2.65 bits per heavy atom. The number of aromatic nitrogens is 1. The fraction of sp³-hybridized carbons (Fsp3) is 0.583. The molecule has 7 heteroatoms. The Morgan fingerprint density at radius 2 is 1.94 bits per heavy atom.